The van der Waals surface area contributed by atoms with Gasteiger partial charge in [0.05, 0.1) is 30.4 Å². The number of benzene rings is 2. The molecule has 0 aromatic heterocycles. The fourth-order valence-electron chi connectivity index (χ4n) is 3.18. The minimum atomic E-state index is -0.653. The number of nitrogens with zero attached hydrogens (tertiary/aromatic N) is 1. The third-order valence-corrected chi connectivity index (χ3v) is 4.61. The molecule has 0 bridgehead atoms. The van der Waals surface area contributed by atoms with E-state index in [0.29, 0.717) is 22.5 Å². The number of halogens is 1. The molecule has 1 aliphatic heterocycles. The summed E-state index contributed by atoms with van der Waals surface area (Å²) in [4.78, 5) is 38.8. The lowest BCUT2D eigenvalue weighted by Crippen LogP contribution is -2.24. The van der Waals surface area contributed by atoms with E-state index in [0.717, 1.165) is 0 Å². The number of rotatable bonds is 5. The van der Waals surface area contributed by atoms with Crippen LogP contribution >= 0.6 is 0 Å². The average Bonchev–Trinajstić information content (AvgIpc) is 2.99. The molecule has 1 aliphatic rings. The minimum absolute atomic E-state index is 0.126. The molecule has 154 valence electrons. The van der Waals surface area contributed by atoms with Crippen molar-refractivity contribution in [2.75, 3.05) is 18.6 Å². The van der Waals surface area contributed by atoms with Gasteiger partial charge in [-0.15, -0.1) is 0 Å². The van der Waals surface area contributed by atoms with Gasteiger partial charge in [-0.1, -0.05) is 12.1 Å². The number of anilines is 1. The number of hydrogen-bond donors (Lipinski definition) is 0. The first-order valence-electron chi connectivity index (χ1n) is 9.25. The highest BCUT2D eigenvalue weighted by atomic mass is 19.1. The Balaban J connectivity index is 2.03. The second-order valence-corrected chi connectivity index (χ2v) is 6.47. The van der Waals surface area contributed by atoms with E-state index in [2.05, 4.69) is 0 Å². The first kappa shape index (κ1) is 21.0. The van der Waals surface area contributed by atoms with Crippen LogP contribution in [0, 0.1) is 5.82 Å². The summed E-state index contributed by atoms with van der Waals surface area (Å²) >= 11 is 0. The number of allylic oxidation sites excluding steroid dienone is 1. The normalized spacial score (nSPS) is 15.0. The van der Waals surface area contributed by atoms with E-state index >= 15 is 0 Å². The van der Waals surface area contributed by atoms with E-state index in [-0.39, 0.29) is 17.8 Å². The maximum absolute atomic E-state index is 13.2. The molecule has 0 saturated heterocycles. The first-order chi connectivity index (χ1) is 14.4. The molecule has 0 unspecified atom stereocenters. The highest BCUT2D eigenvalue weighted by Gasteiger charge is 2.37. The molecule has 1 heterocycles. The number of ether oxygens (including phenoxy) is 2. The second kappa shape index (κ2) is 8.73. The SMILES string of the molecule is CCOC(=O)c1ccc(N2C(=O)/C(=C\c3ccc(F)cc3)C(C(=O)OC)=C2C)cc1. The summed E-state index contributed by atoms with van der Waals surface area (Å²) in [6.45, 7) is 3.61. The number of carbonyl (C=O) groups excluding carboxylic acids is 3. The fourth-order valence-corrected chi connectivity index (χ4v) is 3.18. The van der Waals surface area contributed by atoms with Crippen molar-refractivity contribution in [2.45, 2.75) is 13.8 Å². The zero-order valence-corrected chi connectivity index (χ0v) is 16.8. The van der Waals surface area contributed by atoms with Crippen molar-refractivity contribution in [3.05, 3.63) is 82.3 Å². The molecule has 0 spiro atoms. The van der Waals surface area contributed by atoms with E-state index in [4.69, 9.17) is 9.47 Å². The van der Waals surface area contributed by atoms with Gasteiger partial charge < -0.3 is 9.47 Å². The zero-order chi connectivity index (χ0) is 21.8. The molecule has 0 saturated carbocycles. The minimum Gasteiger partial charge on any atom is -0.465 e. The van der Waals surface area contributed by atoms with Crippen LogP contribution in [0.1, 0.15) is 29.8 Å². The molecule has 1 amide bonds. The predicted octanol–water partition coefficient (Wildman–Crippen LogP) is 3.88. The van der Waals surface area contributed by atoms with Gasteiger partial charge in [-0.2, -0.15) is 0 Å². The van der Waals surface area contributed by atoms with Gasteiger partial charge in [0.1, 0.15) is 5.82 Å². The summed E-state index contributed by atoms with van der Waals surface area (Å²) < 4.78 is 23.0. The standard InChI is InChI=1S/C23H20FNO5/c1-4-30-22(27)16-7-11-18(12-8-16)25-14(2)20(23(28)29-3)19(21(25)26)13-15-5-9-17(24)10-6-15/h5-13H,4H2,1-3H3/b19-13-. The maximum Gasteiger partial charge on any atom is 0.340 e. The van der Waals surface area contributed by atoms with Crippen LogP contribution < -0.4 is 4.90 Å². The third-order valence-electron chi connectivity index (χ3n) is 4.61. The van der Waals surface area contributed by atoms with E-state index in [1.807, 2.05) is 0 Å². The number of amides is 1. The Hall–Kier alpha value is -3.74. The van der Waals surface area contributed by atoms with Gasteiger partial charge in [0.15, 0.2) is 0 Å². The highest BCUT2D eigenvalue weighted by Crippen LogP contribution is 2.35. The van der Waals surface area contributed by atoms with Crippen molar-refractivity contribution in [2.24, 2.45) is 0 Å². The van der Waals surface area contributed by atoms with E-state index in [1.54, 1.807) is 38.1 Å². The van der Waals surface area contributed by atoms with Crippen LogP contribution in [0.25, 0.3) is 6.08 Å². The quantitative estimate of drug-likeness (QED) is 0.554. The van der Waals surface area contributed by atoms with Gasteiger partial charge >= 0.3 is 11.9 Å². The predicted molar refractivity (Wildman–Crippen MR) is 109 cm³/mol. The van der Waals surface area contributed by atoms with Crippen molar-refractivity contribution >= 4 is 29.6 Å². The third kappa shape index (κ3) is 4.00. The Labute approximate surface area is 173 Å². The number of esters is 2. The maximum atomic E-state index is 13.2. The first-order valence-corrected chi connectivity index (χ1v) is 9.25. The monoisotopic (exact) mass is 409 g/mol. The molecule has 0 aliphatic carbocycles. The Morgan fingerprint density at radius 2 is 1.67 bits per heavy atom. The fraction of sp³-hybridized carbons (Fsp3) is 0.174. The molecule has 2 aromatic carbocycles. The van der Waals surface area contributed by atoms with Crippen molar-refractivity contribution < 1.29 is 28.2 Å². The lowest BCUT2D eigenvalue weighted by Gasteiger charge is -2.18. The Morgan fingerprint density at radius 3 is 2.23 bits per heavy atom. The van der Waals surface area contributed by atoms with Gasteiger partial charge in [0.25, 0.3) is 5.91 Å². The van der Waals surface area contributed by atoms with Crippen molar-refractivity contribution in [3.63, 3.8) is 0 Å². The largest absolute Gasteiger partial charge is 0.465 e. The average molecular weight is 409 g/mol. The molecule has 3 rings (SSSR count). The van der Waals surface area contributed by atoms with Crippen molar-refractivity contribution in [3.8, 4) is 0 Å². The summed E-state index contributed by atoms with van der Waals surface area (Å²) in [5.41, 5.74) is 2.05. The summed E-state index contributed by atoms with van der Waals surface area (Å²) in [7, 11) is 1.24. The molecule has 30 heavy (non-hydrogen) atoms. The Kier molecular flexibility index (Phi) is 6.11. The molecule has 6 nitrogen and oxygen atoms in total. The molecule has 0 fully saturated rings. The number of carbonyl (C=O) groups is 3. The van der Waals surface area contributed by atoms with Crippen LogP contribution in [0.2, 0.25) is 0 Å². The van der Waals surface area contributed by atoms with Crippen LogP contribution in [0.3, 0.4) is 0 Å². The second-order valence-electron chi connectivity index (χ2n) is 6.47. The van der Waals surface area contributed by atoms with Gasteiger partial charge in [-0.3, -0.25) is 9.69 Å². The van der Waals surface area contributed by atoms with Crippen LogP contribution in [-0.4, -0.2) is 31.6 Å². The summed E-state index contributed by atoms with van der Waals surface area (Å²) in [6.07, 6.45) is 1.52. The van der Waals surface area contributed by atoms with Crippen LogP contribution in [0.5, 0.6) is 0 Å². The van der Waals surface area contributed by atoms with Gasteiger partial charge in [-0.25, -0.2) is 14.0 Å². The highest BCUT2D eigenvalue weighted by molar-refractivity contribution is 6.23. The Bertz CT molecular complexity index is 1050. The van der Waals surface area contributed by atoms with E-state index in [9.17, 15) is 18.8 Å². The smallest absolute Gasteiger partial charge is 0.340 e. The summed E-state index contributed by atoms with van der Waals surface area (Å²) in [5.74, 6) is -1.95. The number of methoxy groups -OCH3 is 1. The molecule has 0 N–H and O–H groups in total. The van der Waals surface area contributed by atoms with Gasteiger partial charge in [0.2, 0.25) is 0 Å². The molecule has 0 atom stereocenters. The molecule has 0 radical (unpaired) electrons. The molecular weight excluding hydrogens is 389 g/mol. The zero-order valence-electron chi connectivity index (χ0n) is 16.8. The lowest BCUT2D eigenvalue weighted by atomic mass is 10.0. The van der Waals surface area contributed by atoms with Gasteiger partial charge in [-0.05, 0) is 61.9 Å². The van der Waals surface area contributed by atoms with Crippen LogP contribution in [-0.2, 0) is 19.1 Å². The van der Waals surface area contributed by atoms with Gasteiger partial charge in [0, 0.05) is 11.4 Å². The molecule has 2 aromatic rings. The Morgan fingerprint density at radius 1 is 1.03 bits per heavy atom. The summed E-state index contributed by atoms with van der Waals surface area (Å²) in [6, 6.07) is 11.9. The number of hydrogen-bond acceptors (Lipinski definition) is 5. The molecular formula is C23H20FNO5. The lowest BCUT2D eigenvalue weighted by molar-refractivity contribution is -0.136. The van der Waals surface area contributed by atoms with Crippen LogP contribution in [0.15, 0.2) is 65.4 Å². The summed E-state index contributed by atoms with van der Waals surface area (Å²) in [5, 5.41) is 0. The van der Waals surface area contributed by atoms with Crippen molar-refractivity contribution in [1.29, 1.82) is 0 Å². The van der Waals surface area contributed by atoms with Crippen LogP contribution in [0.4, 0.5) is 10.1 Å². The van der Waals surface area contributed by atoms with E-state index < -0.39 is 23.7 Å². The van der Waals surface area contributed by atoms with E-state index in [1.165, 1.54) is 42.4 Å². The molecule has 7 heteroatoms. The van der Waals surface area contributed by atoms with Crippen molar-refractivity contribution in [1.82, 2.24) is 0 Å². The topological polar surface area (TPSA) is 72.9 Å².